The van der Waals surface area contributed by atoms with E-state index in [-0.39, 0.29) is 12.2 Å². The third-order valence-electron chi connectivity index (χ3n) is 3.32. The van der Waals surface area contributed by atoms with E-state index in [0.29, 0.717) is 15.1 Å². The average Bonchev–Trinajstić information content (AvgIpc) is 2.45. The summed E-state index contributed by atoms with van der Waals surface area (Å²) in [6, 6.07) is 5.15. The van der Waals surface area contributed by atoms with Crippen LogP contribution in [0.4, 0.5) is 0 Å². The van der Waals surface area contributed by atoms with Crippen molar-refractivity contribution >= 4 is 33.3 Å². The number of carbonyl (C=O) groups is 1. The van der Waals surface area contributed by atoms with Crippen molar-refractivity contribution in [1.29, 1.82) is 0 Å². The molecule has 0 N–H and O–H groups in total. The highest BCUT2D eigenvalue weighted by Crippen LogP contribution is 2.26. The Hall–Kier alpha value is -1.39. The minimum absolute atomic E-state index is 0.00567. The van der Waals surface area contributed by atoms with Crippen molar-refractivity contribution in [3.05, 3.63) is 56.3 Å². The van der Waals surface area contributed by atoms with Crippen LogP contribution < -0.4 is 4.74 Å². The van der Waals surface area contributed by atoms with Crippen LogP contribution in [0.25, 0.3) is 0 Å². The van der Waals surface area contributed by atoms with Gasteiger partial charge in [-0.05, 0) is 48.0 Å². The number of aryl methyl sites for hydroxylation is 1. The van der Waals surface area contributed by atoms with Gasteiger partial charge in [-0.1, -0.05) is 11.6 Å². The normalized spacial score (nSPS) is 10.5. The number of ether oxygens (including phenoxy) is 1. The highest BCUT2D eigenvalue weighted by molar-refractivity contribution is 9.10. The number of hydrogen-bond acceptors (Lipinski definition) is 3. The van der Waals surface area contributed by atoms with Crippen LogP contribution in [0.5, 0.6) is 5.75 Å². The number of rotatable bonds is 4. The number of Topliss-reactive ketones (excluding diaryl/α,β-unsaturated/α-hetero) is 1. The highest BCUT2D eigenvalue weighted by Gasteiger charge is 2.15. The molecule has 21 heavy (non-hydrogen) atoms. The Morgan fingerprint density at radius 1 is 1.38 bits per heavy atom. The molecular formula is C16H15BrClNO2. The van der Waals surface area contributed by atoms with Crippen LogP contribution in [0, 0.1) is 13.8 Å². The maximum Gasteiger partial charge on any atom is 0.168 e. The SMILES string of the molecule is COc1c(C)cnc(CC(=O)c2ccc(Cl)c(Br)c2)c1C. The van der Waals surface area contributed by atoms with Gasteiger partial charge in [-0.15, -0.1) is 0 Å². The van der Waals surface area contributed by atoms with E-state index in [1.54, 1.807) is 31.5 Å². The fourth-order valence-electron chi connectivity index (χ4n) is 2.17. The van der Waals surface area contributed by atoms with E-state index in [9.17, 15) is 4.79 Å². The second-order valence-corrected chi connectivity index (χ2v) is 6.04. The Balaban J connectivity index is 2.29. The van der Waals surface area contributed by atoms with Gasteiger partial charge in [0.25, 0.3) is 0 Å². The molecule has 3 nitrogen and oxygen atoms in total. The molecule has 0 radical (unpaired) electrons. The maximum atomic E-state index is 12.4. The zero-order valence-electron chi connectivity index (χ0n) is 12.0. The molecule has 0 saturated heterocycles. The lowest BCUT2D eigenvalue weighted by atomic mass is 10.0. The molecule has 0 amide bonds. The number of nitrogens with zero attached hydrogens (tertiary/aromatic N) is 1. The molecule has 0 saturated carbocycles. The lowest BCUT2D eigenvalue weighted by molar-refractivity contribution is 0.0991. The third kappa shape index (κ3) is 3.44. The summed E-state index contributed by atoms with van der Waals surface area (Å²) in [5, 5.41) is 0.581. The number of halogens is 2. The van der Waals surface area contributed by atoms with Crippen LogP contribution in [0.2, 0.25) is 5.02 Å². The van der Waals surface area contributed by atoms with Gasteiger partial charge in [0, 0.05) is 27.4 Å². The van der Waals surface area contributed by atoms with Crippen LogP contribution in [-0.2, 0) is 6.42 Å². The van der Waals surface area contributed by atoms with Crippen LogP contribution in [0.1, 0.15) is 27.2 Å². The van der Waals surface area contributed by atoms with E-state index in [2.05, 4.69) is 20.9 Å². The number of benzene rings is 1. The number of aromatic nitrogens is 1. The Bertz CT molecular complexity index is 701. The Morgan fingerprint density at radius 2 is 2.10 bits per heavy atom. The number of ketones is 1. The second kappa shape index (κ2) is 6.58. The quantitative estimate of drug-likeness (QED) is 0.743. The van der Waals surface area contributed by atoms with Crippen LogP contribution >= 0.6 is 27.5 Å². The third-order valence-corrected chi connectivity index (χ3v) is 4.53. The minimum atomic E-state index is -0.00567. The average molecular weight is 369 g/mol. The van der Waals surface area contributed by atoms with E-state index in [0.717, 1.165) is 22.6 Å². The topological polar surface area (TPSA) is 39.2 Å². The van der Waals surface area contributed by atoms with Gasteiger partial charge in [0.05, 0.1) is 24.2 Å². The summed E-state index contributed by atoms with van der Waals surface area (Å²) in [6.07, 6.45) is 1.96. The van der Waals surface area contributed by atoms with E-state index in [4.69, 9.17) is 16.3 Å². The van der Waals surface area contributed by atoms with Gasteiger partial charge >= 0.3 is 0 Å². The summed E-state index contributed by atoms with van der Waals surface area (Å²) < 4.78 is 6.07. The number of hydrogen-bond donors (Lipinski definition) is 0. The van der Waals surface area contributed by atoms with Gasteiger partial charge in [-0.2, -0.15) is 0 Å². The zero-order chi connectivity index (χ0) is 15.6. The maximum absolute atomic E-state index is 12.4. The number of methoxy groups -OCH3 is 1. The first-order valence-electron chi connectivity index (χ1n) is 6.41. The molecule has 0 spiro atoms. The summed E-state index contributed by atoms with van der Waals surface area (Å²) in [7, 11) is 1.62. The lowest BCUT2D eigenvalue weighted by Crippen LogP contribution is -2.08. The van der Waals surface area contributed by atoms with E-state index < -0.39 is 0 Å². The molecule has 110 valence electrons. The fraction of sp³-hybridized carbons (Fsp3) is 0.250. The van der Waals surface area contributed by atoms with Crippen molar-refractivity contribution in [2.24, 2.45) is 0 Å². The highest BCUT2D eigenvalue weighted by atomic mass is 79.9. The smallest absolute Gasteiger partial charge is 0.168 e. The molecule has 0 bridgehead atoms. The summed E-state index contributed by atoms with van der Waals surface area (Å²) in [5.74, 6) is 0.777. The van der Waals surface area contributed by atoms with Gasteiger partial charge in [0.2, 0.25) is 0 Å². The van der Waals surface area contributed by atoms with Crippen molar-refractivity contribution in [2.45, 2.75) is 20.3 Å². The monoisotopic (exact) mass is 367 g/mol. The first-order valence-corrected chi connectivity index (χ1v) is 7.58. The molecule has 2 rings (SSSR count). The second-order valence-electron chi connectivity index (χ2n) is 4.77. The molecule has 0 aliphatic heterocycles. The molecule has 1 aromatic heterocycles. The van der Waals surface area contributed by atoms with Crippen molar-refractivity contribution < 1.29 is 9.53 Å². The molecule has 0 aliphatic carbocycles. The van der Waals surface area contributed by atoms with Gasteiger partial charge in [-0.3, -0.25) is 9.78 Å². The first-order chi connectivity index (χ1) is 9.93. The summed E-state index contributed by atoms with van der Waals surface area (Å²) in [5.41, 5.74) is 3.19. The Kier molecular flexibility index (Phi) is 5.01. The molecule has 0 fully saturated rings. The number of carbonyl (C=O) groups excluding carboxylic acids is 1. The zero-order valence-corrected chi connectivity index (χ0v) is 14.4. The van der Waals surface area contributed by atoms with Gasteiger partial charge in [0.15, 0.2) is 5.78 Å². The predicted octanol–water partition coefficient (Wildman–Crippen LogP) is 4.55. The molecule has 0 atom stereocenters. The molecule has 0 aliphatic rings. The lowest BCUT2D eigenvalue weighted by Gasteiger charge is -2.12. The van der Waals surface area contributed by atoms with Gasteiger partial charge in [0.1, 0.15) is 5.75 Å². The molecule has 5 heteroatoms. The van der Waals surface area contributed by atoms with Gasteiger partial charge < -0.3 is 4.74 Å². The van der Waals surface area contributed by atoms with E-state index >= 15 is 0 Å². The number of pyridine rings is 1. The molecule has 1 heterocycles. The van der Waals surface area contributed by atoms with Crippen LogP contribution in [0.15, 0.2) is 28.9 Å². The standard InChI is InChI=1S/C16H15BrClNO2/c1-9-8-19-14(10(2)16(9)21-3)7-15(20)11-4-5-13(18)12(17)6-11/h4-6,8H,7H2,1-3H3. The van der Waals surface area contributed by atoms with E-state index in [1.165, 1.54) is 0 Å². The van der Waals surface area contributed by atoms with Crippen molar-refractivity contribution in [3.8, 4) is 5.75 Å². The minimum Gasteiger partial charge on any atom is -0.496 e. The van der Waals surface area contributed by atoms with Gasteiger partial charge in [-0.25, -0.2) is 0 Å². The van der Waals surface area contributed by atoms with Crippen molar-refractivity contribution in [1.82, 2.24) is 4.98 Å². The van der Waals surface area contributed by atoms with Crippen molar-refractivity contribution in [3.63, 3.8) is 0 Å². The van der Waals surface area contributed by atoms with Crippen LogP contribution in [0.3, 0.4) is 0 Å². The molecular weight excluding hydrogens is 354 g/mol. The molecule has 2 aromatic rings. The summed E-state index contributed by atoms with van der Waals surface area (Å²) >= 11 is 9.27. The summed E-state index contributed by atoms with van der Waals surface area (Å²) in [6.45, 7) is 3.85. The van der Waals surface area contributed by atoms with Crippen molar-refractivity contribution in [2.75, 3.05) is 7.11 Å². The molecule has 1 aromatic carbocycles. The van der Waals surface area contributed by atoms with E-state index in [1.807, 2.05) is 13.8 Å². The Morgan fingerprint density at radius 3 is 2.71 bits per heavy atom. The Labute approximate surface area is 137 Å². The summed E-state index contributed by atoms with van der Waals surface area (Å²) in [4.78, 5) is 16.7. The van der Waals surface area contributed by atoms with Crippen LogP contribution in [-0.4, -0.2) is 17.9 Å². The molecule has 0 unspecified atom stereocenters. The first kappa shape index (κ1) is 16.0. The largest absolute Gasteiger partial charge is 0.496 e. The fourth-order valence-corrected chi connectivity index (χ4v) is 2.67. The predicted molar refractivity (Wildman–Crippen MR) is 87.4 cm³/mol.